The Hall–Kier alpha value is -3.16. The molecule has 0 fully saturated rings. The second-order valence-electron chi connectivity index (χ2n) is 5.49. The predicted octanol–water partition coefficient (Wildman–Crippen LogP) is 2.46. The van der Waals surface area contributed by atoms with E-state index in [-0.39, 0.29) is 12.1 Å². The number of benzene rings is 2. The molecule has 8 heteroatoms. The number of amides is 1. The Morgan fingerprint density at radius 2 is 1.81 bits per heavy atom. The second kappa shape index (κ2) is 7.81. The summed E-state index contributed by atoms with van der Waals surface area (Å²) in [7, 11) is 0. The van der Waals surface area contributed by atoms with Gasteiger partial charge in [0.2, 0.25) is 0 Å². The van der Waals surface area contributed by atoms with Gasteiger partial charge in [-0.05, 0) is 29.8 Å². The van der Waals surface area contributed by atoms with Gasteiger partial charge in [-0.25, -0.2) is 8.78 Å². The van der Waals surface area contributed by atoms with Crippen molar-refractivity contribution in [1.82, 2.24) is 0 Å². The molecule has 0 aliphatic carbocycles. The molecule has 2 aromatic rings. The zero-order chi connectivity index (χ0) is 18.5. The molecule has 0 aromatic heterocycles. The van der Waals surface area contributed by atoms with Crippen molar-refractivity contribution in [1.29, 1.82) is 0 Å². The Morgan fingerprint density at radius 1 is 1.04 bits per heavy atom. The van der Waals surface area contributed by atoms with Gasteiger partial charge >= 0.3 is 5.97 Å². The fourth-order valence-corrected chi connectivity index (χ4v) is 2.34. The fraction of sp³-hybridized carbons (Fsp3) is 0.222. The number of carbonyl (C=O) groups excluding carboxylic acids is 2. The van der Waals surface area contributed by atoms with Gasteiger partial charge in [0, 0.05) is 6.07 Å². The number of ether oxygens (including phenoxy) is 3. The Kier molecular flexibility index (Phi) is 5.31. The molecule has 0 saturated carbocycles. The summed E-state index contributed by atoms with van der Waals surface area (Å²) in [4.78, 5) is 23.6. The normalized spacial score (nSPS) is 12.4. The third-order valence-corrected chi connectivity index (χ3v) is 3.52. The molecule has 1 aliphatic rings. The van der Waals surface area contributed by atoms with Crippen molar-refractivity contribution < 1.29 is 32.6 Å². The summed E-state index contributed by atoms with van der Waals surface area (Å²) in [6.07, 6.45) is -0.0712. The van der Waals surface area contributed by atoms with E-state index in [1.165, 1.54) is 0 Å². The lowest BCUT2D eigenvalue weighted by atomic mass is 10.1. The Labute approximate surface area is 147 Å². The molecular formula is C18H15F2NO5. The summed E-state index contributed by atoms with van der Waals surface area (Å²) in [6, 6.07) is 7.70. The van der Waals surface area contributed by atoms with Gasteiger partial charge in [-0.3, -0.25) is 9.59 Å². The lowest BCUT2D eigenvalue weighted by Crippen LogP contribution is -2.22. The van der Waals surface area contributed by atoms with E-state index >= 15 is 0 Å². The van der Waals surface area contributed by atoms with Crippen LogP contribution in [0.1, 0.15) is 5.56 Å². The Morgan fingerprint density at radius 3 is 2.62 bits per heavy atom. The topological polar surface area (TPSA) is 73.9 Å². The number of carbonyl (C=O) groups is 2. The van der Waals surface area contributed by atoms with Crippen molar-refractivity contribution in [2.24, 2.45) is 0 Å². The van der Waals surface area contributed by atoms with Crippen molar-refractivity contribution in [2.45, 2.75) is 6.42 Å². The summed E-state index contributed by atoms with van der Waals surface area (Å²) in [5.74, 6) is -1.76. The van der Waals surface area contributed by atoms with E-state index in [4.69, 9.17) is 14.2 Å². The molecule has 1 N–H and O–H groups in total. The van der Waals surface area contributed by atoms with Crippen LogP contribution in [0, 0.1) is 11.6 Å². The maximum absolute atomic E-state index is 13.4. The molecular weight excluding hydrogens is 348 g/mol. The van der Waals surface area contributed by atoms with Gasteiger partial charge in [0.25, 0.3) is 5.91 Å². The summed E-state index contributed by atoms with van der Waals surface area (Å²) in [6.45, 7) is 0.284. The van der Waals surface area contributed by atoms with Gasteiger partial charge < -0.3 is 19.5 Å². The van der Waals surface area contributed by atoms with Crippen molar-refractivity contribution in [3.05, 3.63) is 53.6 Å². The van der Waals surface area contributed by atoms with Gasteiger partial charge in [0.05, 0.1) is 12.1 Å². The van der Waals surface area contributed by atoms with E-state index in [0.717, 1.165) is 18.2 Å². The number of nitrogens with one attached hydrogen (secondary N) is 1. The molecule has 1 heterocycles. The highest BCUT2D eigenvalue weighted by Crippen LogP contribution is 2.30. The van der Waals surface area contributed by atoms with Gasteiger partial charge in [-0.1, -0.05) is 6.07 Å². The standard InChI is InChI=1S/C18H15F2NO5/c19-12-2-3-13(20)14(9-12)21-17(22)10-26-18(23)8-11-1-4-15-16(7-11)25-6-5-24-15/h1-4,7,9H,5-6,8,10H2,(H,21,22). The van der Waals surface area contributed by atoms with Gasteiger partial charge in [-0.15, -0.1) is 0 Å². The third-order valence-electron chi connectivity index (χ3n) is 3.52. The molecule has 0 unspecified atom stereocenters. The summed E-state index contributed by atoms with van der Waals surface area (Å²) in [5.41, 5.74) is 0.314. The number of hydrogen-bond donors (Lipinski definition) is 1. The van der Waals surface area contributed by atoms with E-state index in [1.54, 1.807) is 18.2 Å². The maximum atomic E-state index is 13.4. The molecule has 0 spiro atoms. The van der Waals surface area contributed by atoms with E-state index < -0.39 is 30.1 Å². The Bertz CT molecular complexity index is 840. The highest BCUT2D eigenvalue weighted by molar-refractivity contribution is 5.93. The largest absolute Gasteiger partial charge is 0.486 e. The molecule has 26 heavy (non-hydrogen) atoms. The van der Waals surface area contributed by atoms with E-state index in [2.05, 4.69) is 5.32 Å². The minimum Gasteiger partial charge on any atom is -0.486 e. The highest BCUT2D eigenvalue weighted by atomic mass is 19.1. The first-order valence-corrected chi connectivity index (χ1v) is 7.80. The molecule has 0 atom stereocenters. The summed E-state index contributed by atoms with van der Waals surface area (Å²) >= 11 is 0. The minimum atomic E-state index is -0.789. The number of fused-ring (bicyclic) bond motifs is 1. The van der Waals surface area contributed by atoms with Crippen LogP contribution in [0.3, 0.4) is 0 Å². The van der Waals surface area contributed by atoms with Crippen LogP contribution in [0.25, 0.3) is 0 Å². The highest BCUT2D eigenvalue weighted by Gasteiger charge is 2.15. The smallest absolute Gasteiger partial charge is 0.310 e. The average Bonchev–Trinajstić information content (AvgIpc) is 2.63. The first kappa shape index (κ1) is 17.7. The number of rotatable bonds is 5. The van der Waals surface area contributed by atoms with Crippen LogP contribution >= 0.6 is 0 Å². The molecule has 0 saturated heterocycles. The fourth-order valence-electron chi connectivity index (χ4n) is 2.34. The van der Waals surface area contributed by atoms with Crippen LogP contribution in [0.2, 0.25) is 0 Å². The van der Waals surface area contributed by atoms with Gasteiger partial charge in [-0.2, -0.15) is 0 Å². The monoisotopic (exact) mass is 363 g/mol. The molecule has 0 radical (unpaired) electrons. The lowest BCUT2D eigenvalue weighted by molar-refractivity contribution is -0.146. The summed E-state index contributed by atoms with van der Waals surface area (Å²) in [5, 5.41) is 2.14. The number of hydrogen-bond acceptors (Lipinski definition) is 5. The molecule has 1 amide bonds. The summed E-state index contributed by atoms with van der Waals surface area (Å²) < 4.78 is 42.2. The van der Waals surface area contributed by atoms with E-state index in [0.29, 0.717) is 30.3 Å². The van der Waals surface area contributed by atoms with Crippen LogP contribution in [-0.2, 0) is 20.7 Å². The van der Waals surface area contributed by atoms with Crippen molar-refractivity contribution >= 4 is 17.6 Å². The van der Waals surface area contributed by atoms with Crippen LogP contribution < -0.4 is 14.8 Å². The molecule has 0 bridgehead atoms. The average molecular weight is 363 g/mol. The number of halogens is 2. The van der Waals surface area contributed by atoms with Crippen molar-refractivity contribution in [2.75, 3.05) is 25.1 Å². The Balaban J connectivity index is 1.50. The molecule has 2 aromatic carbocycles. The predicted molar refractivity (Wildman–Crippen MR) is 87.1 cm³/mol. The van der Waals surface area contributed by atoms with Crippen molar-refractivity contribution in [3.8, 4) is 11.5 Å². The van der Waals surface area contributed by atoms with E-state index in [9.17, 15) is 18.4 Å². The molecule has 3 rings (SSSR count). The van der Waals surface area contributed by atoms with Gasteiger partial charge in [0.1, 0.15) is 24.8 Å². The molecule has 136 valence electrons. The van der Waals surface area contributed by atoms with Crippen LogP contribution in [0.15, 0.2) is 36.4 Å². The van der Waals surface area contributed by atoms with Crippen LogP contribution in [0.5, 0.6) is 11.5 Å². The lowest BCUT2D eigenvalue weighted by Gasteiger charge is -2.18. The maximum Gasteiger partial charge on any atom is 0.310 e. The van der Waals surface area contributed by atoms with Crippen molar-refractivity contribution in [3.63, 3.8) is 0 Å². The second-order valence-corrected chi connectivity index (χ2v) is 5.49. The number of esters is 1. The third kappa shape index (κ3) is 4.47. The minimum absolute atomic E-state index is 0.0712. The molecule has 1 aliphatic heterocycles. The number of anilines is 1. The first-order valence-electron chi connectivity index (χ1n) is 7.80. The van der Waals surface area contributed by atoms with Gasteiger partial charge in [0.15, 0.2) is 18.1 Å². The first-order chi connectivity index (χ1) is 12.5. The quantitative estimate of drug-likeness (QED) is 0.826. The van der Waals surface area contributed by atoms with Crippen LogP contribution in [0.4, 0.5) is 14.5 Å². The zero-order valence-electron chi connectivity index (χ0n) is 13.6. The molecule has 6 nitrogen and oxygen atoms in total. The SMILES string of the molecule is O=C(COC(=O)Cc1ccc2c(c1)OCCO2)Nc1cc(F)ccc1F. The van der Waals surface area contributed by atoms with Crippen LogP contribution in [-0.4, -0.2) is 31.7 Å². The van der Waals surface area contributed by atoms with E-state index in [1.807, 2.05) is 0 Å². The zero-order valence-corrected chi connectivity index (χ0v) is 13.6.